The molecule has 0 fully saturated rings. The van der Waals surface area contributed by atoms with Crippen LogP contribution in [0, 0.1) is 5.92 Å². The van der Waals surface area contributed by atoms with E-state index in [1.165, 1.54) is 19.3 Å². The molecule has 2 atom stereocenters. The average molecular weight is 313 g/mol. The Balaban J connectivity index is 0.00000400. The van der Waals surface area contributed by atoms with Crippen molar-refractivity contribution < 1.29 is 4.79 Å². The first-order valence-corrected chi connectivity index (χ1v) is 7.74. The van der Waals surface area contributed by atoms with E-state index in [1.807, 2.05) is 30.3 Å². The quantitative estimate of drug-likeness (QED) is 0.735. The Morgan fingerprint density at radius 1 is 1.24 bits per heavy atom. The topological polar surface area (TPSA) is 55.1 Å². The molecule has 1 aromatic rings. The fourth-order valence-electron chi connectivity index (χ4n) is 2.28. The van der Waals surface area contributed by atoms with Gasteiger partial charge in [-0.25, -0.2) is 0 Å². The molecule has 4 heteroatoms. The van der Waals surface area contributed by atoms with Gasteiger partial charge < -0.3 is 11.1 Å². The molecule has 1 amide bonds. The third-order valence-corrected chi connectivity index (χ3v) is 3.74. The molecule has 3 N–H and O–H groups in total. The Kier molecular flexibility index (Phi) is 11.0. The Morgan fingerprint density at radius 2 is 1.90 bits per heavy atom. The molecule has 21 heavy (non-hydrogen) atoms. The second kappa shape index (κ2) is 11.6. The smallest absolute Gasteiger partial charge is 0.237 e. The lowest BCUT2D eigenvalue weighted by Gasteiger charge is -2.17. The molecule has 0 heterocycles. The Bertz CT molecular complexity index is 384. The highest BCUT2D eigenvalue weighted by atomic mass is 35.5. The number of carbonyl (C=O) groups is 1. The molecule has 0 saturated heterocycles. The molecule has 0 aliphatic heterocycles. The molecular weight excluding hydrogens is 284 g/mol. The van der Waals surface area contributed by atoms with Crippen molar-refractivity contribution in [3.63, 3.8) is 0 Å². The van der Waals surface area contributed by atoms with E-state index in [-0.39, 0.29) is 18.3 Å². The number of hydrogen-bond acceptors (Lipinski definition) is 2. The van der Waals surface area contributed by atoms with Crippen molar-refractivity contribution in [3.05, 3.63) is 35.9 Å². The summed E-state index contributed by atoms with van der Waals surface area (Å²) in [6.45, 7) is 5.12. The number of benzene rings is 1. The number of nitrogens with one attached hydrogen (secondary N) is 1. The fraction of sp³-hybridized carbons (Fsp3) is 0.588. The van der Waals surface area contributed by atoms with Gasteiger partial charge in [0, 0.05) is 6.54 Å². The first kappa shape index (κ1) is 19.9. The number of nitrogens with two attached hydrogens (primary N) is 1. The molecular formula is C17H29ClN2O. The van der Waals surface area contributed by atoms with E-state index < -0.39 is 6.04 Å². The van der Waals surface area contributed by atoms with Crippen LogP contribution in [0.3, 0.4) is 0 Å². The highest BCUT2D eigenvalue weighted by Crippen LogP contribution is 2.11. The standard InChI is InChI=1S/C17H28N2O.ClH/c1-3-5-9-14(4-2)13-19-17(20)16(18)12-15-10-7-6-8-11-15;/h6-8,10-11,14,16H,3-5,9,12-13,18H2,1-2H3,(H,19,20);1H. The van der Waals surface area contributed by atoms with Gasteiger partial charge in [-0.15, -0.1) is 12.4 Å². The number of halogens is 1. The van der Waals surface area contributed by atoms with Crippen molar-refractivity contribution in [2.24, 2.45) is 11.7 Å². The zero-order chi connectivity index (χ0) is 14.8. The predicted molar refractivity (Wildman–Crippen MR) is 91.7 cm³/mol. The fourth-order valence-corrected chi connectivity index (χ4v) is 2.28. The maximum absolute atomic E-state index is 12.0. The van der Waals surface area contributed by atoms with Crippen molar-refractivity contribution >= 4 is 18.3 Å². The van der Waals surface area contributed by atoms with Crippen molar-refractivity contribution in [3.8, 4) is 0 Å². The van der Waals surface area contributed by atoms with E-state index in [0.717, 1.165) is 18.5 Å². The van der Waals surface area contributed by atoms with E-state index in [0.29, 0.717) is 12.3 Å². The van der Waals surface area contributed by atoms with Crippen molar-refractivity contribution in [1.82, 2.24) is 5.32 Å². The summed E-state index contributed by atoms with van der Waals surface area (Å²) >= 11 is 0. The maximum Gasteiger partial charge on any atom is 0.237 e. The van der Waals surface area contributed by atoms with Crippen LogP contribution in [0.1, 0.15) is 45.1 Å². The summed E-state index contributed by atoms with van der Waals surface area (Å²) in [6.07, 6.45) is 5.32. The highest BCUT2D eigenvalue weighted by molar-refractivity contribution is 5.85. The predicted octanol–water partition coefficient (Wildman–Crippen LogP) is 3.31. The summed E-state index contributed by atoms with van der Waals surface area (Å²) in [5.41, 5.74) is 7.07. The van der Waals surface area contributed by atoms with E-state index in [1.54, 1.807) is 0 Å². The van der Waals surface area contributed by atoms with Gasteiger partial charge in [0.25, 0.3) is 0 Å². The van der Waals surface area contributed by atoms with Gasteiger partial charge in [0.1, 0.15) is 0 Å². The van der Waals surface area contributed by atoms with Gasteiger partial charge in [0.05, 0.1) is 6.04 Å². The molecule has 0 saturated carbocycles. The van der Waals surface area contributed by atoms with Crippen LogP contribution in [-0.2, 0) is 11.2 Å². The monoisotopic (exact) mass is 312 g/mol. The maximum atomic E-state index is 12.0. The number of hydrogen-bond donors (Lipinski definition) is 2. The number of unbranched alkanes of at least 4 members (excludes halogenated alkanes) is 1. The summed E-state index contributed by atoms with van der Waals surface area (Å²) in [5, 5.41) is 3.00. The van der Waals surface area contributed by atoms with Gasteiger partial charge in [0.15, 0.2) is 0 Å². The minimum atomic E-state index is -0.457. The number of carbonyl (C=O) groups excluding carboxylic acids is 1. The molecule has 0 aromatic heterocycles. The zero-order valence-corrected chi connectivity index (χ0v) is 14.0. The van der Waals surface area contributed by atoms with Crippen molar-refractivity contribution in [2.75, 3.05) is 6.54 Å². The first-order chi connectivity index (χ1) is 9.67. The summed E-state index contributed by atoms with van der Waals surface area (Å²) in [7, 11) is 0. The van der Waals surface area contributed by atoms with Crippen LogP contribution in [0.5, 0.6) is 0 Å². The van der Waals surface area contributed by atoms with Crippen LogP contribution in [0.15, 0.2) is 30.3 Å². The van der Waals surface area contributed by atoms with Gasteiger partial charge in [0.2, 0.25) is 5.91 Å². The number of rotatable bonds is 9. The second-order valence-corrected chi connectivity index (χ2v) is 5.46. The summed E-state index contributed by atoms with van der Waals surface area (Å²) in [4.78, 5) is 12.0. The van der Waals surface area contributed by atoms with Crippen LogP contribution in [0.2, 0.25) is 0 Å². The first-order valence-electron chi connectivity index (χ1n) is 7.74. The second-order valence-electron chi connectivity index (χ2n) is 5.46. The summed E-state index contributed by atoms with van der Waals surface area (Å²) in [6, 6.07) is 9.46. The Hall–Kier alpha value is -1.06. The van der Waals surface area contributed by atoms with Gasteiger partial charge in [-0.1, -0.05) is 63.4 Å². The van der Waals surface area contributed by atoms with E-state index in [4.69, 9.17) is 5.73 Å². The third-order valence-electron chi connectivity index (χ3n) is 3.74. The summed E-state index contributed by atoms with van der Waals surface area (Å²) < 4.78 is 0. The van der Waals surface area contributed by atoms with Crippen molar-refractivity contribution in [1.29, 1.82) is 0 Å². The van der Waals surface area contributed by atoms with Crippen LogP contribution in [-0.4, -0.2) is 18.5 Å². The van der Waals surface area contributed by atoms with Crippen molar-refractivity contribution in [2.45, 2.75) is 52.0 Å². The largest absolute Gasteiger partial charge is 0.354 e. The molecule has 0 radical (unpaired) electrons. The molecule has 0 aliphatic rings. The van der Waals surface area contributed by atoms with Gasteiger partial charge in [-0.3, -0.25) is 4.79 Å². The molecule has 3 nitrogen and oxygen atoms in total. The Morgan fingerprint density at radius 3 is 2.48 bits per heavy atom. The molecule has 0 aliphatic carbocycles. The SMILES string of the molecule is CCCCC(CC)CNC(=O)C(N)Cc1ccccc1.Cl. The lowest BCUT2D eigenvalue weighted by Crippen LogP contribution is -2.43. The van der Waals surface area contributed by atoms with E-state index >= 15 is 0 Å². The normalized spacial score (nSPS) is 13.1. The number of amides is 1. The zero-order valence-electron chi connectivity index (χ0n) is 13.2. The Labute approximate surface area is 135 Å². The summed E-state index contributed by atoms with van der Waals surface area (Å²) in [5.74, 6) is 0.534. The highest BCUT2D eigenvalue weighted by Gasteiger charge is 2.15. The lowest BCUT2D eigenvalue weighted by atomic mass is 9.99. The third kappa shape index (κ3) is 8.08. The molecule has 1 rings (SSSR count). The minimum absolute atomic E-state index is 0. The molecule has 120 valence electrons. The van der Waals surface area contributed by atoms with E-state index in [9.17, 15) is 4.79 Å². The van der Waals surface area contributed by atoms with Gasteiger partial charge in [-0.2, -0.15) is 0 Å². The molecule has 0 bridgehead atoms. The average Bonchev–Trinajstić information content (AvgIpc) is 2.48. The molecule has 0 spiro atoms. The minimum Gasteiger partial charge on any atom is -0.354 e. The molecule has 2 unspecified atom stereocenters. The van der Waals surface area contributed by atoms with Crippen LogP contribution in [0.25, 0.3) is 0 Å². The van der Waals surface area contributed by atoms with Gasteiger partial charge >= 0.3 is 0 Å². The van der Waals surface area contributed by atoms with Crippen LogP contribution in [0.4, 0.5) is 0 Å². The van der Waals surface area contributed by atoms with Crippen LogP contribution >= 0.6 is 12.4 Å². The lowest BCUT2D eigenvalue weighted by molar-refractivity contribution is -0.122. The van der Waals surface area contributed by atoms with Crippen LogP contribution < -0.4 is 11.1 Å². The van der Waals surface area contributed by atoms with Gasteiger partial charge in [-0.05, 0) is 24.3 Å². The molecule has 1 aromatic carbocycles. The van der Waals surface area contributed by atoms with E-state index in [2.05, 4.69) is 19.2 Å².